The fourth-order valence-electron chi connectivity index (χ4n) is 1.74. The van der Waals surface area contributed by atoms with Gasteiger partial charge in [-0.1, -0.05) is 12.1 Å². The van der Waals surface area contributed by atoms with Crippen LogP contribution in [0.25, 0.3) is 0 Å². The van der Waals surface area contributed by atoms with Gasteiger partial charge in [0.15, 0.2) is 0 Å². The molecule has 0 saturated heterocycles. The largest absolute Gasteiger partial charge is 0.481 e. The van der Waals surface area contributed by atoms with Crippen LogP contribution in [0, 0.1) is 0 Å². The number of aliphatic hydroxyl groups is 1. The van der Waals surface area contributed by atoms with E-state index in [-0.39, 0.29) is 6.61 Å². The number of benzene rings is 1. The van der Waals surface area contributed by atoms with Crippen molar-refractivity contribution in [2.75, 3.05) is 12.4 Å². The Morgan fingerprint density at radius 3 is 2.79 bits per heavy atom. The third-order valence-corrected chi connectivity index (χ3v) is 2.69. The zero-order chi connectivity index (χ0) is 13.7. The van der Waals surface area contributed by atoms with Crippen molar-refractivity contribution in [2.45, 2.75) is 13.2 Å². The minimum absolute atomic E-state index is 0.0591. The van der Waals surface area contributed by atoms with E-state index in [0.717, 1.165) is 16.8 Å². The number of nitrogens with one attached hydrogen (secondary N) is 1. The molecule has 100 valence electrons. The number of methoxy groups -OCH3 is 1. The van der Waals surface area contributed by atoms with Crippen LogP contribution in [0.5, 0.6) is 5.88 Å². The predicted octanol–water partition coefficient (Wildman–Crippen LogP) is 1.78. The molecule has 0 saturated carbocycles. The SMILES string of the molecule is COc1cc(CO)cc(Nc2cccc(CN)c2)n1. The summed E-state index contributed by atoms with van der Waals surface area (Å²) >= 11 is 0. The van der Waals surface area contributed by atoms with Crippen molar-refractivity contribution in [1.29, 1.82) is 0 Å². The molecule has 0 aliphatic heterocycles. The Morgan fingerprint density at radius 2 is 2.11 bits per heavy atom. The number of nitrogens with zero attached hydrogens (tertiary/aromatic N) is 1. The highest BCUT2D eigenvalue weighted by atomic mass is 16.5. The van der Waals surface area contributed by atoms with E-state index in [0.29, 0.717) is 18.2 Å². The van der Waals surface area contributed by atoms with Crippen molar-refractivity contribution < 1.29 is 9.84 Å². The highest BCUT2D eigenvalue weighted by Gasteiger charge is 2.03. The molecule has 2 rings (SSSR count). The molecule has 0 unspecified atom stereocenters. The van der Waals surface area contributed by atoms with Gasteiger partial charge in [-0.25, -0.2) is 0 Å². The first-order valence-corrected chi connectivity index (χ1v) is 5.97. The average molecular weight is 259 g/mol. The summed E-state index contributed by atoms with van der Waals surface area (Å²) in [5, 5.41) is 12.4. The lowest BCUT2D eigenvalue weighted by molar-refractivity contribution is 0.280. The molecule has 0 spiro atoms. The summed E-state index contributed by atoms with van der Waals surface area (Å²) in [6.07, 6.45) is 0. The quantitative estimate of drug-likeness (QED) is 0.762. The third kappa shape index (κ3) is 3.43. The first-order valence-electron chi connectivity index (χ1n) is 5.97. The minimum atomic E-state index is -0.0591. The summed E-state index contributed by atoms with van der Waals surface area (Å²) in [4.78, 5) is 4.27. The average Bonchev–Trinajstić information content (AvgIpc) is 2.47. The molecule has 1 aromatic carbocycles. The Morgan fingerprint density at radius 1 is 1.26 bits per heavy atom. The van der Waals surface area contributed by atoms with Crippen LogP contribution in [0.4, 0.5) is 11.5 Å². The molecule has 0 radical (unpaired) electrons. The number of aliphatic hydroxyl groups excluding tert-OH is 1. The molecule has 5 heteroatoms. The fraction of sp³-hybridized carbons (Fsp3) is 0.214. The smallest absolute Gasteiger partial charge is 0.215 e. The summed E-state index contributed by atoms with van der Waals surface area (Å²) in [7, 11) is 1.54. The number of nitrogens with two attached hydrogens (primary N) is 1. The number of aromatic nitrogens is 1. The highest BCUT2D eigenvalue weighted by molar-refractivity contribution is 5.58. The van der Waals surface area contributed by atoms with Gasteiger partial charge in [0, 0.05) is 18.3 Å². The Kier molecular flexibility index (Phi) is 4.33. The van der Waals surface area contributed by atoms with Gasteiger partial charge in [-0.15, -0.1) is 0 Å². The predicted molar refractivity (Wildman–Crippen MR) is 74.3 cm³/mol. The molecule has 0 fully saturated rings. The molecule has 5 nitrogen and oxygen atoms in total. The van der Waals surface area contributed by atoms with E-state index in [2.05, 4.69) is 10.3 Å². The van der Waals surface area contributed by atoms with Crippen LogP contribution in [0.15, 0.2) is 36.4 Å². The normalized spacial score (nSPS) is 10.3. The van der Waals surface area contributed by atoms with E-state index in [4.69, 9.17) is 10.5 Å². The maximum atomic E-state index is 9.20. The fourth-order valence-corrected chi connectivity index (χ4v) is 1.74. The molecule has 0 aliphatic rings. The maximum Gasteiger partial charge on any atom is 0.215 e. The van der Waals surface area contributed by atoms with Gasteiger partial charge in [0.05, 0.1) is 13.7 Å². The van der Waals surface area contributed by atoms with Crippen LogP contribution >= 0.6 is 0 Å². The number of ether oxygens (including phenoxy) is 1. The van der Waals surface area contributed by atoms with E-state index < -0.39 is 0 Å². The minimum Gasteiger partial charge on any atom is -0.481 e. The topological polar surface area (TPSA) is 80.4 Å². The van der Waals surface area contributed by atoms with E-state index in [1.165, 1.54) is 0 Å². The molecule has 4 N–H and O–H groups in total. The second-order valence-corrected chi connectivity index (χ2v) is 4.09. The van der Waals surface area contributed by atoms with Crippen LogP contribution in [0.3, 0.4) is 0 Å². The Labute approximate surface area is 112 Å². The zero-order valence-electron chi connectivity index (χ0n) is 10.8. The van der Waals surface area contributed by atoms with Gasteiger partial charge in [0.2, 0.25) is 5.88 Å². The maximum absolute atomic E-state index is 9.20. The number of rotatable bonds is 5. The van der Waals surface area contributed by atoms with Crippen LogP contribution < -0.4 is 15.8 Å². The van der Waals surface area contributed by atoms with Crippen molar-refractivity contribution >= 4 is 11.5 Å². The van der Waals surface area contributed by atoms with Crippen LogP contribution in [-0.2, 0) is 13.2 Å². The van der Waals surface area contributed by atoms with E-state index in [1.54, 1.807) is 19.2 Å². The second kappa shape index (κ2) is 6.17. The number of pyridine rings is 1. The lowest BCUT2D eigenvalue weighted by atomic mass is 10.2. The molecule has 0 atom stereocenters. The zero-order valence-corrected chi connectivity index (χ0v) is 10.8. The Hall–Kier alpha value is -2.11. The molecular formula is C14H17N3O2. The van der Waals surface area contributed by atoms with E-state index >= 15 is 0 Å². The van der Waals surface area contributed by atoms with Gasteiger partial charge >= 0.3 is 0 Å². The lowest BCUT2D eigenvalue weighted by Crippen LogP contribution is -2.00. The Bertz CT molecular complexity index is 536. The standard InChI is InChI=1S/C14H17N3O2/c1-19-14-7-11(9-18)6-13(17-14)16-12-4-2-3-10(5-12)8-15/h2-7,18H,8-9,15H2,1H3,(H,16,17). The summed E-state index contributed by atoms with van der Waals surface area (Å²) in [5.41, 5.74) is 8.28. The van der Waals surface area contributed by atoms with Gasteiger partial charge in [-0.2, -0.15) is 4.98 Å². The van der Waals surface area contributed by atoms with Gasteiger partial charge in [-0.05, 0) is 29.3 Å². The molecular weight excluding hydrogens is 242 g/mol. The van der Waals surface area contributed by atoms with Gasteiger partial charge in [0.1, 0.15) is 5.82 Å². The van der Waals surface area contributed by atoms with Crippen molar-refractivity contribution in [3.8, 4) is 5.88 Å². The van der Waals surface area contributed by atoms with Crippen molar-refractivity contribution in [2.24, 2.45) is 5.73 Å². The van der Waals surface area contributed by atoms with Crippen LogP contribution in [-0.4, -0.2) is 17.2 Å². The highest BCUT2D eigenvalue weighted by Crippen LogP contribution is 2.20. The lowest BCUT2D eigenvalue weighted by Gasteiger charge is -2.10. The van der Waals surface area contributed by atoms with Gasteiger partial charge in [0.25, 0.3) is 0 Å². The summed E-state index contributed by atoms with van der Waals surface area (Å²) in [6.45, 7) is 0.430. The van der Waals surface area contributed by atoms with Gasteiger partial charge < -0.3 is 20.9 Å². The number of anilines is 2. The molecule has 0 bridgehead atoms. The van der Waals surface area contributed by atoms with Crippen LogP contribution in [0.2, 0.25) is 0 Å². The molecule has 1 heterocycles. The molecule has 2 aromatic rings. The molecule has 19 heavy (non-hydrogen) atoms. The molecule has 0 aliphatic carbocycles. The van der Waals surface area contributed by atoms with E-state index in [1.807, 2.05) is 24.3 Å². The summed E-state index contributed by atoms with van der Waals surface area (Å²) in [5.74, 6) is 1.08. The summed E-state index contributed by atoms with van der Waals surface area (Å²) in [6, 6.07) is 11.2. The van der Waals surface area contributed by atoms with Crippen molar-refractivity contribution in [3.63, 3.8) is 0 Å². The Balaban J connectivity index is 2.26. The molecule has 0 amide bonds. The second-order valence-electron chi connectivity index (χ2n) is 4.09. The first kappa shape index (κ1) is 13.3. The van der Waals surface area contributed by atoms with Gasteiger partial charge in [-0.3, -0.25) is 0 Å². The summed E-state index contributed by atoms with van der Waals surface area (Å²) < 4.78 is 5.10. The number of hydrogen-bond acceptors (Lipinski definition) is 5. The molecule has 1 aromatic heterocycles. The van der Waals surface area contributed by atoms with Crippen molar-refractivity contribution in [3.05, 3.63) is 47.5 Å². The number of hydrogen-bond donors (Lipinski definition) is 3. The van der Waals surface area contributed by atoms with Crippen molar-refractivity contribution in [1.82, 2.24) is 4.98 Å². The van der Waals surface area contributed by atoms with Crippen LogP contribution in [0.1, 0.15) is 11.1 Å². The van der Waals surface area contributed by atoms with E-state index in [9.17, 15) is 5.11 Å². The monoisotopic (exact) mass is 259 g/mol. The first-order chi connectivity index (χ1) is 9.25. The third-order valence-electron chi connectivity index (χ3n) is 2.69.